The number of fused-ring (bicyclic) bond motifs is 5. The van der Waals surface area contributed by atoms with Crippen molar-refractivity contribution in [2.45, 2.75) is 71.6 Å². The molecule has 4 aliphatic rings. The highest BCUT2D eigenvalue weighted by atomic mass is 16.4. The summed E-state index contributed by atoms with van der Waals surface area (Å²) in [5, 5.41) is 9.01. The van der Waals surface area contributed by atoms with Crippen LogP contribution in [0.1, 0.15) is 71.6 Å². The lowest BCUT2D eigenvalue weighted by Gasteiger charge is -2.58. The third-order valence-corrected chi connectivity index (χ3v) is 8.57. The normalized spacial score (nSPS) is 47.7. The number of hydrogen-bond acceptors (Lipinski definition) is 1. The van der Waals surface area contributed by atoms with Crippen LogP contribution >= 0.6 is 0 Å². The summed E-state index contributed by atoms with van der Waals surface area (Å²) in [4.78, 5) is 11.0. The molecule has 132 valence electrons. The van der Waals surface area contributed by atoms with Crippen molar-refractivity contribution in [1.29, 1.82) is 0 Å². The zero-order valence-electron chi connectivity index (χ0n) is 15.3. The molecule has 0 bridgehead atoms. The largest absolute Gasteiger partial charge is 0.478 e. The van der Waals surface area contributed by atoms with E-state index >= 15 is 0 Å². The molecule has 0 aliphatic heterocycles. The van der Waals surface area contributed by atoms with Crippen LogP contribution in [0.15, 0.2) is 23.8 Å². The minimum atomic E-state index is -0.794. The number of carbonyl (C=O) groups is 1. The number of rotatable bonds is 2. The number of aliphatic carboxylic acids is 1. The van der Waals surface area contributed by atoms with Crippen LogP contribution in [0.3, 0.4) is 0 Å². The fraction of sp³-hybridized carbons (Fsp3) is 0.773. The molecule has 4 aliphatic carbocycles. The average molecular weight is 328 g/mol. The van der Waals surface area contributed by atoms with Crippen molar-refractivity contribution in [1.82, 2.24) is 0 Å². The maximum atomic E-state index is 11.0. The Bertz CT molecular complexity index is 589. The van der Waals surface area contributed by atoms with Crippen molar-refractivity contribution in [3.05, 3.63) is 23.8 Å². The van der Waals surface area contributed by atoms with E-state index in [0.29, 0.717) is 16.7 Å². The van der Waals surface area contributed by atoms with Crippen molar-refractivity contribution >= 4 is 5.97 Å². The van der Waals surface area contributed by atoms with Gasteiger partial charge in [0, 0.05) is 6.08 Å². The van der Waals surface area contributed by atoms with E-state index in [1.54, 1.807) is 5.57 Å². The summed E-state index contributed by atoms with van der Waals surface area (Å²) in [6, 6.07) is 0. The standard InChI is InChI=1S/C22H32O2/c1-21-13-4-3-5-15(21)6-9-17-18-10-7-16(8-11-20(23)24)22(18,2)14-12-19(17)21/h5,8,11,16-19H,3-4,6-7,9-10,12-14H2,1-2H3,(H,23,24)/b11-8-/t16-,17+,18+,19+,21+,22-/m1/s1. The second kappa shape index (κ2) is 5.75. The van der Waals surface area contributed by atoms with Gasteiger partial charge in [0.15, 0.2) is 0 Å². The van der Waals surface area contributed by atoms with Gasteiger partial charge in [-0.15, -0.1) is 0 Å². The minimum Gasteiger partial charge on any atom is -0.478 e. The monoisotopic (exact) mass is 328 g/mol. The van der Waals surface area contributed by atoms with E-state index in [1.807, 2.05) is 6.08 Å². The minimum absolute atomic E-state index is 0.333. The Morgan fingerprint density at radius 2 is 2.00 bits per heavy atom. The van der Waals surface area contributed by atoms with Crippen LogP contribution in [0.5, 0.6) is 0 Å². The van der Waals surface area contributed by atoms with Crippen LogP contribution in [-0.2, 0) is 4.79 Å². The Kier molecular flexibility index (Phi) is 3.93. The number of carboxylic acid groups (broad SMARTS) is 1. The molecule has 0 aromatic rings. The molecule has 3 saturated carbocycles. The molecule has 2 heteroatoms. The Morgan fingerprint density at radius 1 is 1.17 bits per heavy atom. The third kappa shape index (κ3) is 2.32. The van der Waals surface area contributed by atoms with Crippen LogP contribution in [-0.4, -0.2) is 11.1 Å². The molecule has 0 aromatic carbocycles. The number of allylic oxidation sites excluding steroid dienone is 3. The predicted octanol–water partition coefficient (Wildman–Crippen LogP) is 5.60. The van der Waals surface area contributed by atoms with Gasteiger partial charge in [0.05, 0.1) is 0 Å². The van der Waals surface area contributed by atoms with Gasteiger partial charge in [-0.25, -0.2) is 4.79 Å². The van der Waals surface area contributed by atoms with Gasteiger partial charge in [0.1, 0.15) is 0 Å². The highest BCUT2D eigenvalue weighted by molar-refractivity contribution is 5.79. The van der Waals surface area contributed by atoms with Gasteiger partial charge in [0.25, 0.3) is 0 Å². The highest BCUT2D eigenvalue weighted by Crippen LogP contribution is 2.66. The van der Waals surface area contributed by atoms with E-state index in [4.69, 9.17) is 5.11 Å². The van der Waals surface area contributed by atoms with E-state index in [1.165, 1.54) is 63.9 Å². The Morgan fingerprint density at radius 3 is 2.79 bits per heavy atom. The third-order valence-electron chi connectivity index (χ3n) is 8.57. The van der Waals surface area contributed by atoms with E-state index in [-0.39, 0.29) is 0 Å². The molecule has 24 heavy (non-hydrogen) atoms. The molecule has 1 N–H and O–H groups in total. The van der Waals surface area contributed by atoms with Crippen molar-refractivity contribution in [3.8, 4) is 0 Å². The van der Waals surface area contributed by atoms with Gasteiger partial charge in [-0.2, -0.15) is 0 Å². The Hall–Kier alpha value is -1.05. The van der Waals surface area contributed by atoms with E-state index in [2.05, 4.69) is 19.9 Å². The van der Waals surface area contributed by atoms with Gasteiger partial charge in [-0.1, -0.05) is 31.6 Å². The van der Waals surface area contributed by atoms with Gasteiger partial charge in [-0.05, 0) is 92.3 Å². The Labute approximate surface area is 146 Å². The summed E-state index contributed by atoms with van der Waals surface area (Å²) in [5.74, 6) is 2.22. The van der Waals surface area contributed by atoms with Crippen LogP contribution in [0.4, 0.5) is 0 Å². The summed E-state index contributed by atoms with van der Waals surface area (Å²) in [6.45, 7) is 5.03. The molecule has 4 rings (SSSR count). The molecule has 2 nitrogen and oxygen atoms in total. The quantitative estimate of drug-likeness (QED) is 0.529. The van der Waals surface area contributed by atoms with E-state index < -0.39 is 5.97 Å². The lowest BCUT2D eigenvalue weighted by molar-refractivity contribution is -0.131. The predicted molar refractivity (Wildman–Crippen MR) is 96.6 cm³/mol. The zero-order chi connectivity index (χ0) is 16.9. The van der Waals surface area contributed by atoms with Gasteiger partial charge >= 0.3 is 5.97 Å². The topological polar surface area (TPSA) is 37.3 Å². The first-order valence-corrected chi connectivity index (χ1v) is 10.1. The van der Waals surface area contributed by atoms with Gasteiger partial charge in [-0.3, -0.25) is 0 Å². The van der Waals surface area contributed by atoms with Crippen LogP contribution in [0.2, 0.25) is 0 Å². The maximum Gasteiger partial charge on any atom is 0.327 e. The molecule has 0 amide bonds. The highest BCUT2D eigenvalue weighted by Gasteiger charge is 2.58. The molecule has 3 fully saturated rings. The van der Waals surface area contributed by atoms with Crippen LogP contribution in [0.25, 0.3) is 0 Å². The molecule has 0 heterocycles. The summed E-state index contributed by atoms with van der Waals surface area (Å²) < 4.78 is 0. The molecule has 0 spiro atoms. The fourth-order valence-corrected chi connectivity index (χ4v) is 7.31. The first-order valence-electron chi connectivity index (χ1n) is 10.1. The van der Waals surface area contributed by atoms with Crippen molar-refractivity contribution in [3.63, 3.8) is 0 Å². The van der Waals surface area contributed by atoms with E-state index in [0.717, 1.165) is 17.8 Å². The smallest absolute Gasteiger partial charge is 0.327 e. The summed E-state index contributed by atoms with van der Waals surface area (Å²) >= 11 is 0. The molecule has 0 aromatic heterocycles. The maximum absolute atomic E-state index is 11.0. The summed E-state index contributed by atoms with van der Waals surface area (Å²) in [7, 11) is 0. The summed E-state index contributed by atoms with van der Waals surface area (Å²) in [5.41, 5.74) is 2.58. The average Bonchev–Trinajstić information content (AvgIpc) is 2.89. The first kappa shape index (κ1) is 16.4. The van der Waals surface area contributed by atoms with E-state index in [9.17, 15) is 4.79 Å². The fourth-order valence-electron chi connectivity index (χ4n) is 7.31. The Balaban J connectivity index is 1.61. The first-order chi connectivity index (χ1) is 11.4. The lowest BCUT2D eigenvalue weighted by atomic mass is 9.47. The number of hydrogen-bond donors (Lipinski definition) is 1. The van der Waals surface area contributed by atoms with Gasteiger partial charge in [0.2, 0.25) is 0 Å². The van der Waals surface area contributed by atoms with Crippen molar-refractivity contribution in [2.75, 3.05) is 0 Å². The van der Waals surface area contributed by atoms with Crippen molar-refractivity contribution < 1.29 is 9.90 Å². The molecule has 0 radical (unpaired) electrons. The van der Waals surface area contributed by atoms with Crippen molar-refractivity contribution in [2.24, 2.45) is 34.5 Å². The van der Waals surface area contributed by atoms with Gasteiger partial charge < -0.3 is 5.11 Å². The molecular formula is C22H32O2. The zero-order valence-corrected chi connectivity index (χ0v) is 15.3. The molecule has 6 atom stereocenters. The molecular weight excluding hydrogens is 296 g/mol. The molecule has 0 saturated heterocycles. The second-order valence-electron chi connectivity index (χ2n) is 9.38. The second-order valence-corrected chi connectivity index (χ2v) is 9.38. The molecule has 0 unspecified atom stereocenters. The summed E-state index contributed by atoms with van der Waals surface area (Å²) in [6.07, 6.45) is 17.9. The van der Waals surface area contributed by atoms with Crippen LogP contribution in [0, 0.1) is 34.5 Å². The number of carboxylic acids is 1. The van der Waals surface area contributed by atoms with Crippen LogP contribution < -0.4 is 0 Å². The SMILES string of the molecule is C[C@]12CC[C@H]3[C@@H](CCC4=CCCC[C@@]43C)[C@@H]1CC[C@@H]2/C=C\C(=O)O. The lowest BCUT2D eigenvalue weighted by Crippen LogP contribution is -2.49.